The number of H-pyrrole nitrogens is 1. The quantitative estimate of drug-likeness (QED) is 0.664. The molecule has 0 fully saturated rings. The van der Waals surface area contributed by atoms with Crippen molar-refractivity contribution in [2.45, 2.75) is 12.8 Å². The second-order valence-corrected chi connectivity index (χ2v) is 7.61. The third-order valence-corrected chi connectivity index (χ3v) is 5.39. The Labute approximate surface area is 156 Å². The van der Waals surface area contributed by atoms with Gasteiger partial charge < -0.3 is 9.88 Å². The van der Waals surface area contributed by atoms with Crippen LogP contribution in [0, 0.1) is 0 Å². The minimum absolute atomic E-state index is 0.00751. The minimum Gasteiger partial charge on any atom is -0.312 e. The lowest BCUT2D eigenvalue weighted by Gasteiger charge is -2.16. The van der Waals surface area contributed by atoms with Gasteiger partial charge in [-0.25, -0.2) is 0 Å². The first-order valence-electron chi connectivity index (χ1n) is 8.32. The predicted molar refractivity (Wildman–Crippen MR) is 107 cm³/mol. The van der Waals surface area contributed by atoms with Crippen LogP contribution >= 0.6 is 22.9 Å². The number of rotatable bonds is 7. The molecule has 25 heavy (non-hydrogen) atoms. The standard InChI is InChI=1S/C20H21ClN2OS/c1-23(13-11-15-5-3-2-4-6-15)14-12-18-19(22-20(24)25-18)16-7-9-17(21)10-8-16/h2-10H,11-14H2,1H3,(H,22,24). The Bertz CT molecular complexity index is 855. The summed E-state index contributed by atoms with van der Waals surface area (Å²) in [5.74, 6) is 0. The molecule has 3 nitrogen and oxygen atoms in total. The molecule has 0 aliphatic rings. The van der Waals surface area contributed by atoms with Gasteiger partial charge in [0.1, 0.15) is 0 Å². The molecule has 3 aromatic rings. The number of hydrogen-bond donors (Lipinski definition) is 1. The van der Waals surface area contributed by atoms with Gasteiger partial charge in [0.05, 0.1) is 5.69 Å². The van der Waals surface area contributed by atoms with E-state index >= 15 is 0 Å². The third kappa shape index (κ3) is 5.05. The summed E-state index contributed by atoms with van der Waals surface area (Å²) >= 11 is 7.26. The van der Waals surface area contributed by atoms with E-state index in [-0.39, 0.29) is 4.87 Å². The SMILES string of the molecule is CN(CCc1ccccc1)CCc1sc(=O)[nH]c1-c1ccc(Cl)cc1. The maximum Gasteiger partial charge on any atom is 0.305 e. The molecule has 0 spiro atoms. The van der Waals surface area contributed by atoms with Crippen molar-refractivity contribution in [2.24, 2.45) is 0 Å². The zero-order chi connectivity index (χ0) is 17.6. The third-order valence-electron chi connectivity index (χ3n) is 4.20. The van der Waals surface area contributed by atoms with Gasteiger partial charge >= 0.3 is 4.87 Å². The Morgan fingerprint density at radius 2 is 1.68 bits per heavy atom. The van der Waals surface area contributed by atoms with E-state index in [1.54, 1.807) is 0 Å². The van der Waals surface area contributed by atoms with Crippen LogP contribution in [-0.4, -0.2) is 30.0 Å². The molecule has 0 atom stereocenters. The van der Waals surface area contributed by atoms with E-state index < -0.39 is 0 Å². The molecule has 0 saturated heterocycles. The fourth-order valence-corrected chi connectivity index (χ4v) is 3.72. The van der Waals surface area contributed by atoms with E-state index in [1.165, 1.54) is 16.9 Å². The summed E-state index contributed by atoms with van der Waals surface area (Å²) in [5, 5.41) is 0.698. The van der Waals surface area contributed by atoms with Crippen molar-refractivity contribution < 1.29 is 0 Å². The lowest BCUT2D eigenvalue weighted by Crippen LogP contribution is -2.23. The Morgan fingerprint density at radius 1 is 1.00 bits per heavy atom. The first-order valence-corrected chi connectivity index (χ1v) is 9.51. The van der Waals surface area contributed by atoms with Gasteiger partial charge in [0.2, 0.25) is 0 Å². The molecule has 0 saturated carbocycles. The average molecular weight is 373 g/mol. The number of aromatic nitrogens is 1. The first kappa shape index (κ1) is 17.9. The highest BCUT2D eigenvalue weighted by molar-refractivity contribution is 7.09. The Hall–Kier alpha value is -1.88. The van der Waals surface area contributed by atoms with E-state index in [1.807, 2.05) is 30.3 Å². The highest BCUT2D eigenvalue weighted by Gasteiger charge is 2.11. The number of aromatic amines is 1. The number of benzene rings is 2. The van der Waals surface area contributed by atoms with Crippen LogP contribution in [0.5, 0.6) is 0 Å². The Kier molecular flexibility index (Phi) is 6.08. The van der Waals surface area contributed by atoms with Crippen LogP contribution in [0.25, 0.3) is 11.3 Å². The van der Waals surface area contributed by atoms with Crippen LogP contribution < -0.4 is 4.87 Å². The topological polar surface area (TPSA) is 36.1 Å². The zero-order valence-corrected chi connectivity index (χ0v) is 15.7. The second kappa shape index (κ2) is 8.48. The van der Waals surface area contributed by atoms with Crippen molar-refractivity contribution >= 4 is 22.9 Å². The molecule has 1 N–H and O–H groups in total. The maximum atomic E-state index is 11.8. The van der Waals surface area contributed by atoms with E-state index in [2.05, 4.69) is 41.2 Å². The normalized spacial score (nSPS) is 11.2. The van der Waals surface area contributed by atoms with Crippen molar-refractivity contribution in [3.63, 3.8) is 0 Å². The summed E-state index contributed by atoms with van der Waals surface area (Å²) in [4.78, 5) is 18.2. The molecule has 0 aliphatic heterocycles. The van der Waals surface area contributed by atoms with Gasteiger partial charge in [-0.05, 0) is 43.1 Å². The Morgan fingerprint density at radius 3 is 2.40 bits per heavy atom. The van der Waals surface area contributed by atoms with Gasteiger partial charge in [-0.1, -0.05) is 65.4 Å². The molecule has 0 amide bonds. The van der Waals surface area contributed by atoms with Crippen LogP contribution in [0.1, 0.15) is 10.4 Å². The minimum atomic E-state index is -0.00751. The molecule has 130 valence electrons. The van der Waals surface area contributed by atoms with Crippen LogP contribution in [0.3, 0.4) is 0 Å². The smallest absolute Gasteiger partial charge is 0.305 e. The summed E-state index contributed by atoms with van der Waals surface area (Å²) in [7, 11) is 2.13. The zero-order valence-electron chi connectivity index (χ0n) is 14.2. The van der Waals surface area contributed by atoms with Crippen LogP contribution in [0.4, 0.5) is 0 Å². The molecule has 0 radical (unpaired) electrons. The molecule has 0 aliphatic carbocycles. The van der Waals surface area contributed by atoms with Crippen LogP contribution in [-0.2, 0) is 12.8 Å². The van der Waals surface area contributed by atoms with Gasteiger partial charge in [-0.2, -0.15) is 0 Å². The van der Waals surface area contributed by atoms with Crippen molar-refractivity contribution in [1.29, 1.82) is 0 Å². The number of halogens is 1. The number of likely N-dealkylation sites (N-methyl/N-ethyl adjacent to an activating group) is 1. The summed E-state index contributed by atoms with van der Waals surface area (Å²) < 4.78 is 0. The summed E-state index contributed by atoms with van der Waals surface area (Å²) in [6.45, 7) is 1.92. The highest BCUT2D eigenvalue weighted by atomic mass is 35.5. The summed E-state index contributed by atoms with van der Waals surface area (Å²) in [5.41, 5.74) is 3.27. The monoisotopic (exact) mass is 372 g/mol. The molecular weight excluding hydrogens is 352 g/mol. The molecule has 2 aromatic carbocycles. The molecule has 5 heteroatoms. The fourth-order valence-electron chi connectivity index (χ4n) is 2.75. The lowest BCUT2D eigenvalue weighted by atomic mass is 10.1. The maximum absolute atomic E-state index is 11.8. The van der Waals surface area contributed by atoms with Gasteiger partial charge in [-0.15, -0.1) is 0 Å². The van der Waals surface area contributed by atoms with Crippen molar-refractivity contribution in [1.82, 2.24) is 9.88 Å². The number of thiazole rings is 1. The summed E-state index contributed by atoms with van der Waals surface area (Å²) in [6, 6.07) is 18.1. The van der Waals surface area contributed by atoms with Gasteiger partial charge in [0, 0.05) is 23.0 Å². The molecule has 3 rings (SSSR count). The predicted octanol–water partition coefficient (Wildman–Crippen LogP) is 4.47. The molecule has 0 bridgehead atoms. The van der Waals surface area contributed by atoms with Gasteiger partial charge in [0.15, 0.2) is 0 Å². The molecule has 1 heterocycles. The number of nitrogens with one attached hydrogen (secondary N) is 1. The van der Waals surface area contributed by atoms with Crippen molar-refractivity contribution in [2.75, 3.05) is 20.1 Å². The molecular formula is C20H21ClN2OS. The van der Waals surface area contributed by atoms with Crippen molar-refractivity contribution in [3.8, 4) is 11.3 Å². The average Bonchev–Trinajstić information content (AvgIpc) is 3.00. The highest BCUT2D eigenvalue weighted by Crippen LogP contribution is 2.25. The van der Waals surface area contributed by atoms with Crippen LogP contribution in [0.15, 0.2) is 59.4 Å². The Balaban J connectivity index is 1.61. The first-order chi connectivity index (χ1) is 12.1. The second-order valence-electron chi connectivity index (χ2n) is 6.11. The largest absolute Gasteiger partial charge is 0.312 e. The van der Waals surface area contributed by atoms with E-state index in [4.69, 9.17) is 11.6 Å². The van der Waals surface area contributed by atoms with Gasteiger partial charge in [-0.3, -0.25) is 4.79 Å². The fraction of sp³-hybridized carbons (Fsp3) is 0.250. The molecule has 1 aromatic heterocycles. The number of nitrogens with zero attached hydrogens (tertiary/aromatic N) is 1. The van der Waals surface area contributed by atoms with Crippen molar-refractivity contribution in [3.05, 3.63) is 79.7 Å². The van der Waals surface area contributed by atoms with E-state index in [0.717, 1.165) is 42.1 Å². The van der Waals surface area contributed by atoms with E-state index in [0.29, 0.717) is 5.02 Å². The van der Waals surface area contributed by atoms with Crippen LogP contribution in [0.2, 0.25) is 5.02 Å². The molecule has 0 unspecified atom stereocenters. The van der Waals surface area contributed by atoms with E-state index in [9.17, 15) is 4.79 Å². The lowest BCUT2D eigenvalue weighted by molar-refractivity contribution is 0.344. The van der Waals surface area contributed by atoms with Gasteiger partial charge in [0.25, 0.3) is 0 Å². The summed E-state index contributed by atoms with van der Waals surface area (Å²) in [6.07, 6.45) is 1.89. The number of hydrogen-bond acceptors (Lipinski definition) is 3.